The fraction of sp³-hybridized carbons (Fsp3) is 0.455. The Labute approximate surface area is 165 Å². The molecule has 0 aromatic carbocycles. The third-order valence-corrected chi connectivity index (χ3v) is 5.94. The number of rotatable bonds is 4. The molecule has 0 radical (unpaired) electrons. The van der Waals surface area contributed by atoms with Crippen molar-refractivity contribution in [2.75, 3.05) is 24.5 Å². The molecule has 2 saturated heterocycles. The number of hydrogen-bond donors (Lipinski definition) is 0. The number of carbonyl (C=O) groups is 1. The lowest BCUT2D eigenvalue weighted by molar-refractivity contribution is -0.135. The molecule has 1 amide bonds. The Morgan fingerprint density at radius 3 is 2.75 bits per heavy atom. The van der Waals surface area contributed by atoms with Gasteiger partial charge in [0.05, 0.1) is 23.2 Å². The number of amides is 1. The van der Waals surface area contributed by atoms with Gasteiger partial charge >= 0.3 is 0 Å². The fourth-order valence-corrected chi connectivity index (χ4v) is 4.28. The van der Waals surface area contributed by atoms with E-state index in [0.717, 1.165) is 43.1 Å². The lowest BCUT2D eigenvalue weighted by Gasteiger charge is -2.25. The molecule has 144 valence electrons. The second kappa shape index (κ2) is 7.23. The topological polar surface area (TPSA) is 73.1 Å². The number of carbonyl (C=O) groups excluding carboxylic acids is 1. The van der Waals surface area contributed by atoms with Gasteiger partial charge in [0, 0.05) is 31.5 Å². The van der Waals surface area contributed by atoms with Gasteiger partial charge in [-0.15, -0.1) is 0 Å². The van der Waals surface area contributed by atoms with E-state index >= 15 is 0 Å². The Bertz CT molecular complexity index is 920. The van der Waals surface area contributed by atoms with Crippen LogP contribution in [0.2, 0.25) is 0 Å². The summed E-state index contributed by atoms with van der Waals surface area (Å²) < 4.78 is 0. The standard InChI is InChI=1S/C22H25N5O/c1-16(2)19-7-6-17(13-23)20(25-19)27-12-9-22(15-27)8-11-26(21(22)28)14-18-5-3-4-10-24-18/h3-7,10,16H,8-9,11-12,14-15H2,1-2H3. The van der Waals surface area contributed by atoms with E-state index in [0.29, 0.717) is 24.6 Å². The summed E-state index contributed by atoms with van der Waals surface area (Å²) in [4.78, 5) is 26.4. The summed E-state index contributed by atoms with van der Waals surface area (Å²) in [6.07, 6.45) is 3.42. The number of hydrogen-bond acceptors (Lipinski definition) is 5. The molecular weight excluding hydrogens is 350 g/mol. The maximum Gasteiger partial charge on any atom is 0.231 e. The Morgan fingerprint density at radius 1 is 1.21 bits per heavy atom. The van der Waals surface area contributed by atoms with Crippen molar-refractivity contribution in [1.29, 1.82) is 5.26 Å². The summed E-state index contributed by atoms with van der Waals surface area (Å²) in [6, 6.07) is 11.8. The number of likely N-dealkylation sites (tertiary alicyclic amines) is 1. The zero-order valence-electron chi connectivity index (χ0n) is 16.4. The van der Waals surface area contributed by atoms with Gasteiger partial charge < -0.3 is 9.80 Å². The third kappa shape index (κ3) is 3.22. The molecular formula is C22H25N5O. The van der Waals surface area contributed by atoms with Crippen molar-refractivity contribution in [1.82, 2.24) is 14.9 Å². The van der Waals surface area contributed by atoms with E-state index in [9.17, 15) is 10.1 Å². The quantitative estimate of drug-likeness (QED) is 0.821. The largest absolute Gasteiger partial charge is 0.354 e. The molecule has 1 atom stereocenters. The minimum absolute atomic E-state index is 0.208. The Hall–Kier alpha value is -2.94. The van der Waals surface area contributed by atoms with E-state index < -0.39 is 0 Å². The van der Waals surface area contributed by atoms with Gasteiger partial charge in [0.1, 0.15) is 11.9 Å². The van der Waals surface area contributed by atoms with Crippen molar-refractivity contribution in [2.45, 2.75) is 39.2 Å². The highest BCUT2D eigenvalue weighted by Gasteiger charge is 2.51. The average Bonchev–Trinajstić information content (AvgIpc) is 3.28. The predicted octanol–water partition coefficient (Wildman–Crippen LogP) is 3.10. The lowest BCUT2D eigenvalue weighted by Crippen LogP contribution is -2.37. The molecule has 4 heterocycles. The van der Waals surface area contributed by atoms with Crippen LogP contribution < -0.4 is 4.90 Å². The minimum atomic E-state index is -0.364. The van der Waals surface area contributed by atoms with Crippen molar-refractivity contribution in [3.8, 4) is 6.07 Å². The molecule has 0 bridgehead atoms. The van der Waals surface area contributed by atoms with E-state index in [1.54, 1.807) is 6.20 Å². The predicted molar refractivity (Wildman–Crippen MR) is 107 cm³/mol. The van der Waals surface area contributed by atoms with Crippen LogP contribution in [0.3, 0.4) is 0 Å². The summed E-state index contributed by atoms with van der Waals surface area (Å²) >= 11 is 0. The molecule has 1 spiro atoms. The molecule has 4 rings (SSSR count). The zero-order valence-corrected chi connectivity index (χ0v) is 16.4. The van der Waals surface area contributed by atoms with E-state index in [1.165, 1.54) is 0 Å². The minimum Gasteiger partial charge on any atom is -0.354 e. The van der Waals surface area contributed by atoms with Crippen molar-refractivity contribution < 1.29 is 4.79 Å². The zero-order chi connectivity index (χ0) is 19.7. The molecule has 2 aromatic heterocycles. The van der Waals surface area contributed by atoms with Crippen molar-refractivity contribution in [3.05, 3.63) is 53.5 Å². The van der Waals surface area contributed by atoms with Crippen molar-refractivity contribution in [2.24, 2.45) is 5.41 Å². The first kappa shape index (κ1) is 18.4. The highest BCUT2D eigenvalue weighted by Crippen LogP contribution is 2.42. The Morgan fingerprint density at radius 2 is 2.04 bits per heavy atom. The third-order valence-electron chi connectivity index (χ3n) is 5.94. The van der Waals surface area contributed by atoms with Crippen LogP contribution in [0, 0.1) is 16.7 Å². The van der Waals surface area contributed by atoms with Crippen LogP contribution in [0.5, 0.6) is 0 Å². The summed E-state index contributed by atoms with van der Waals surface area (Å²) in [6.45, 7) is 6.90. The van der Waals surface area contributed by atoms with Crippen LogP contribution in [-0.2, 0) is 11.3 Å². The van der Waals surface area contributed by atoms with E-state index in [-0.39, 0.29) is 11.3 Å². The molecule has 2 aliphatic rings. The molecule has 2 aromatic rings. The normalized spacial score (nSPS) is 21.7. The second-order valence-electron chi connectivity index (χ2n) is 8.12. The number of anilines is 1. The summed E-state index contributed by atoms with van der Waals surface area (Å²) in [5, 5.41) is 9.52. The maximum absolute atomic E-state index is 13.2. The van der Waals surface area contributed by atoms with E-state index in [2.05, 4.69) is 29.8 Å². The molecule has 0 aliphatic carbocycles. The molecule has 0 N–H and O–H groups in total. The molecule has 6 heteroatoms. The summed E-state index contributed by atoms with van der Waals surface area (Å²) in [5.74, 6) is 1.23. The van der Waals surface area contributed by atoms with Gasteiger partial charge in [-0.1, -0.05) is 19.9 Å². The maximum atomic E-state index is 13.2. The number of nitrogens with zero attached hydrogens (tertiary/aromatic N) is 5. The first-order chi connectivity index (χ1) is 13.5. The first-order valence-corrected chi connectivity index (χ1v) is 9.88. The summed E-state index contributed by atoms with van der Waals surface area (Å²) in [5.41, 5.74) is 2.11. The summed E-state index contributed by atoms with van der Waals surface area (Å²) in [7, 11) is 0. The fourth-order valence-electron chi connectivity index (χ4n) is 4.28. The van der Waals surface area contributed by atoms with Gasteiger partial charge in [-0.05, 0) is 43.0 Å². The number of aromatic nitrogens is 2. The number of nitriles is 1. The highest BCUT2D eigenvalue weighted by molar-refractivity contribution is 5.86. The van der Waals surface area contributed by atoms with Gasteiger partial charge in [-0.3, -0.25) is 9.78 Å². The SMILES string of the molecule is CC(C)c1ccc(C#N)c(N2CCC3(CCN(Cc4ccccn4)C3=O)C2)n1. The van der Waals surface area contributed by atoms with Gasteiger partial charge in [0.2, 0.25) is 5.91 Å². The monoisotopic (exact) mass is 375 g/mol. The van der Waals surface area contributed by atoms with Crippen LogP contribution >= 0.6 is 0 Å². The first-order valence-electron chi connectivity index (χ1n) is 9.88. The van der Waals surface area contributed by atoms with Crippen LogP contribution in [0.15, 0.2) is 36.5 Å². The second-order valence-corrected chi connectivity index (χ2v) is 8.12. The molecule has 6 nitrogen and oxygen atoms in total. The Balaban J connectivity index is 1.53. The van der Waals surface area contributed by atoms with Crippen LogP contribution in [0.1, 0.15) is 49.6 Å². The van der Waals surface area contributed by atoms with E-state index in [4.69, 9.17) is 4.98 Å². The van der Waals surface area contributed by atoms with Crippen LogP contribution in [0.25, 0.3) is 0 Å². The molecule has 2 aliphatic heterocycles. The lowest BCUT2D eigenvalue weighted by atomic mass is 9.85. The van der Waals surface area contributed by atoms with Gasteiger partial charge in [0.25, 0.3) is 0 Å². The Kier molecular flexibility index (Phi) is 4.76. The number of pyridine rings is 2. The molecule has 0 saturated carbocycles. The average molecular weight is 375 g/mol. The molecule has 1 unspecified atom stereocenters. The molecule has 2 fully saturated rings. The highest BCUT2D eigenvalue weighted by atomic mass is 16.2. The van der Waals surface area contributed by atoms with Gasteiger partial charge in [-0.25, -0.2) is 4.98 Å². The van der Waals surface area contributed by atoms with Crippen molar-refractivity contribution in [3.63, 3.8) is 0 Å². The smallest absolute Gasteiger partial charge is 0.231 e. The van der Waals surface area contributed by atoms with Crippen molar-refractivity contribution >= 4 is 11.7 Å². The van der Waals surface area contributed by atoms with E-state index in [1.807, 2.05) is 35.2 Å². The molecule has 28 heavy (non-hydrogen) atoms. The van der Waals surface area contributed by atoms with Crippen LogP contribution in [-0.4, -0.2) is 40.4 Å². The van der Waals surface area contributed by atoms with Gasteiger partial charge in [-0.2, -0.15) is 5.26 Å². The van der Waals surface area contributed by atoms with Gasteiger partial charge in [0.15, 0.2) is 0 Å². The van der Waals surface area contributed by atoms with Crippen LogP contribution in [0.4, 0.5) is 5.82 Å².